The smallest absolute Gasteiger partial charge is 0.410 e. The summed E-state index contributed by atoms with van der Waals surface area (Å²) in [5.74, 6) is -3.86. The highest BCUT2D eigenvalue weighted by Gasteiger charge is 2.59. The summed E-state index contributed by atoms with van der Waals surface area (Å²) >= 11 is 0. The van der Waals surface area contributed by atoms with Gasteiger partial charge in [0.25, 0.3) is 5.92 Å². The predicted octanol–water partition coefficient (Wildman–Crippen LogP) is 6.09. The Labute approximate surface area is 218 Å². The maximum Gasteiger partial charge on any atom is 0.410 e. The number of fused-ring (bicyclic) bond motifs is 2. The number of anilines is 1. The van der Waals surface area contributed by atoms with Gasteiger partial charge in [0.2, 0.25) is 5.91 Å². The first kappa shape index (κ1) is 27.1. The van der Waals surface area contributed by atoms with E-state index < -0.39 is 29.9 Å². The summed E-state index contributed by atoms with van der Waals surface area (Å²) in [4.78, 5) is 31.2. The second-order valence-electron chi connectivity index (χ2n) is 11.3. The third-order valence-electron chi connectivity index (χ3n) is 7.85. The first-order valence-electron chi connectivity index (χ1n) is 13.3. The standard InChI is InChI=1S/C29H39F2N3O3/c1-19(2)29(30,31)18-34(24-13-9-7-11-21(24)5)22(6)15-33-25-14-10-8-12-23(25)28(26(33)35)16-32(17-28)27(36)37-20(3)4/h8,10,12,14,19-20H,6-7,9,11,13,15-18H2,1-5H3. The van der Waals surface area contributed by atoms with E-state index in [-0.39, 0.29) is 31.6 Å². The minimum atomic E-state index is -2.91. The maximum absolute atomic E-state index is 15.0. The Bertz CT molecular complexity index is 1110. The summed E-state index contributed by atoms with van der Waals surface area (Å²) < 4.78 is 35.4. The Morgan fingerprint density at radius 3 is 2.43 bits per heavy atom. The highest BCUT2D eigenvalue weighted by Crippen LogP contribution is 2.48. The molecular formula is C29H39F2N3O3. The number of allylic oxidation sites excluding steroid dienone is 2. The van der Waals surface area contributed by atoms with Crippen LogP contribution < -0.4 is 4.90 Å². The molecular weight excluding hydrogens is 476 g/mol. The zero-order chi connectivity index (χ0) is 27.1. The van der Waals surface area contributed by atoms with Crippen LogP contribution in [0, 0.1) is 5.92 Å². The van der Waals surface area contributed by atoms with Crippen LogP contribution in [0.25, 0.3) is 0 Å². The molecule has 1 saturated heterocycles. The van der Waals surface area contributed by atoms with Crippen molar-refractivity contribution in [3.63, 3.8) is 0 Å². The number of alkyl halides is 2. The second kappa shape index (κ2) is 10.1. The molecule has 1 spiro atoms. The fourth-order valence-electron chi connectivity index (χ4n) is 5.53. The zero-order valence-corrected chi connectivity index (χ0v) is 22.7. The van der Waals surface area contributed by atoms with Crippen molar-refractivity contribution < 1.29 is 23.1 Å². The molecule has 1 aromatic rings. The summed E-state index contributed by atoms with van der Waals surface area (Å²) in [6.45, 7) is 13.0. The van der Waals surface area contributed by atoms with Gasteiger partial charge >= 0.3 is 6.09 Å². The molecule has 2 amide bonds. The number of hydrogen-bond acceptors (Lipinski definition) is 4. The first-order chi connectivity index (χ1) is 17.4. The molecule has 2 heterocycles. The molecule has 202 valence electrons. The lowest BCUT2D eigenvalue weighted by atomic mass is 9.75. The molecule has 1 aromatic carbocycles. The van der Waals surface area contributed by atoms with Gasteiger partial charge in [-0.1, -0.05) is 44.2 Å². The topological polar surface area (TPSA) is 53.1 Å². The lowest BCUT2D eigenvalue weighted by Crippen LogP contribution is -2.65. The number of para-hydroxylation sites is 1. The summed E-state index contributed by atoms with van der Waals surface area (Å²) in [6.07, 6.45) is 2.91. The number of carbonyl (C=O) groups is 2. The van der Waals surface area contributed by atoms with Crippen molar-refractivity contribution in [2.75, 3.05) is 31.1 Å². The van der Waals surface area contributed by atoms with E-state index in [2.05, 4.69) is 6.58 Å². The molecule has 0 saturated carbocycles. The van der Waals surface area contributed by atoms with Gasteiger partial charge in [-0.3, -0.25) is 4.79 Å². The van der Waals surface area contributed by atoms with Crippen LogP contribution in [0.4, 0.5) is 19.3 Å². The Kier molecular flexibility index (Phi) is 7.41. The summed E-state index contributed by atoms with van der Waals surface area (Å²) in [6, 6.07) is 7.54. The summed E-state index contributed by atoms with van der Waals surface area (Å²) in [5, 5.41) is 0. The van der Waals surface area contributed by atoms with Crippen molar-refractivity contribution in [2.45, 2.75) is 77.7 Å². The number of nitrogens with zero attached hydrogens (tertiary/aromatic N) is 3. The van der Waals surface area contributed by atoms with Crippen LogP contribution >= 0.6 is 0 Å². The van der Waals surface area contributed by atoms with E-state index in [1.54, 1.807) is 28.5 Å². The minimum absolute atomic E-state index is 0.110. The maximum atomic E-state index is 15.0. The number of rotatable bonds is 8. The van der Waals surface area contributed by atoms with E-state index in [1.165, 1.54) is 13.8 Å². The molecule has 0 radical (unpaired) electrons. The van der Waals surface area contributed by atoms with Gasteiger partial charge in [0.1, 0.15) is 5.41 Å². The highest BCUT2D eigenvalue weighted by molar-refractivity contribution is 6.10. The van der Waals surface area contributed by atoms with Gasteiger partial charge in [-0.05, 0) is 58.1 Å². The van der Waals surface area contributed by atoms with Crippen molar-refractivity contribution in [3.8, 4) is 0 Å². The third-order valence-corrected chi connectivity index (χ3v) is 7.85. The highest BCUT2D eigenvalue weighted by atomic mass is 19.3. The number of carbonyl (C=O) groups excluding carboxylic acids is 2. The average molecular weight is 516 g/mol. The molecule has 0 N–H and O–H groups in total. The van der Waals surface area contributed by atoms with Crippen molar-refractivity contribution >= 4 is 17.7 Å². The first-order valence-corrected chi connectivity index (χ1v) is 13.3. The second-order valence-corrected chi connectivity index (χ2v) is 11.3. The van der Waals surface area contributed by atoms with Gasteiger partial charge < -0.3 is 19.4 Å². The largest absolute Gasteiger partial charge is 0.447 e. The van der Waals surface area contributed by atoms with Crippen molar-refractivity contribution in [2.24, 2.45) is 5.92 Å². The van der Waals surface area contributed by atoms with Crippen LogP contribution in [0.2, 0.25) is 0 Å². The third kappa shape index (κ3) is 4.99. The van der Waals surface area contributed by atoms with E-state index in [4.69, 9.17) is 4.74 Å². The summed E-state index contributed by atoms with van der Waals surface area (Å²) in [7, 11) is 0. The van der Waals surface area contributed by atoms with Crippen LogP contribution in [-0.2, 0) is 14.9 Å². The average Bonchev–Trinajstić information content (AvgIpc) is 3.04. The molecule has 2 aliphatic heterocycles. The summed E-state index contributed by atoms with van der Waals surface area (Å²) in [5.41, 5.74) is 3.24. The van der Waals surface area contributed by atoms with E-state index in [0.29, 0.717) is 5.70 Å². The monoisotopic (exact) mass is 515 g/mol. The lowest BCUT2D eigenvalue weighted by molar-refractivity contribution is -0.128. The fraction of sp³-hybridized carbons (Fsp3) is 0.586. The van der Waals surface area contributed by atoms with E-state index >= 15 is 8.78 Å². The van der Waals surface area contributed by atoms with E-state index in [9.17, 15) is 9.59 Å². The normalized spacial score (nSPS) is 19.0. The number of halogens is 2. The Hall–Kier alpha value is -2.90. The minimum Gasteiger partial charge on any atom is -0.447 e. The van der Waals surface area contributed by atoms with Gasteiger partial charge in [0.15, 0.2) is 0 Å². The van der Waals surface area contributed by atoms with Gasteiger partial charge in [0.05, 0.1) is 19.2 Å². The quantitative estimate of drug-likeness (QED) is 0.421. The van der Waals surface area contributed by atoms with Gasteiger partial charge in [-0.15, -0.1) is 0 Å². The number of ether oxygens (including phenoxy) is 1. The number of hydrogen-bond donors (Lipinski definition) is 0. The van der Waals surface area contributed by atoms with E-state index in [1.807, 2.05) is 31.2 Å². The van der Waals surface area contributed by atoms with E-state index in [0.717, 1.165) is 48.2 Å². The molecule has 6 nitrogen and oxygen atoms in total. The molecule has 4 rings (SSSR count). The SMILES string of the molecule is C=C(CN1C(=O)C2(CN(C(=O)OC(C)C)C2)c2ccccc21)N(CC(F)(F)C(C)C)C1=C(C)CCCC1. The molecule has 0 bridgehead atoms. The molecule has 37 heavy (non-hydrogen) atoms. The van der Waals surface area contributed by atoms with Crippen molar-refractivity contribution in [1.29, 1.82) is 0 Å². The van der Waals surface area contributed by atoms with Crippen molar-refractivity contribution in [3.05, 3.63) is 53.4 Å². The molecule has 0 unspecified atom stereocenters. The fourth-order valence-corrected chi connectivity index (χ4v) is 5.53. The van der Waals surface area contributed by atoms with Gasteiger partial charge in [0, 0.05) is 36.1 Å². The Morgan fingerprint density at radius 2 is 1.81 bits per heavy atom. The molecule has 1 aliphatic carbocycles. The van der Waals surface area contributed by atoms with Crippen LogP contribution in [-0.4, -0.2) is 60.0 Å². The molecule has 1 fully saturated rings. The Morgan fingerprint density at radius 1 is 1.16 bits per heavy atom. The molecule has 0 aromatic heterocycles. The van der Waals surface area contributed by atoms with Crippen LogP contribution in [0.1, 0.15) is 65.9 Å². The van der Waals surface area contributed by atoms with Crippen LogP contribution in [0.5, 0.6) is 0 Å². The van der Waals surface area contributed by atoms with Crippen LogP contribution in [0.15, 0.2) is 47.8 Å². The van der Waals surface area contributed by atoms with Gasteiger partial charge in [-0.2, -0.15) is 0 Å². The molecule has 8 heteroatoms. The zero-order valence-electron chi connectivity index (χ0n) is 22.7. The Balaban J connectivity index is 1.60. The van der Waals surface area contributed by atoms with Gasteiger partial charge in [-0.25, -0.2) is 13.6 Å². The molecule has 3 aliphatic rings. The number of likely N-dealkylation sites (tertiary alicyclic amines) is 1. The lowest BCUT2D eigenvalue weighted by Gasteiger charge is -2.46. The predicted molar refractivity (Wildman–Crippen MR) is 140 cm³/mol. The number of amides is 2. The van der Waals surface area contributed by atoms with Crippen molar-refractivity contribution in [1.82, 2.24) is 9.80 Å². The number of benzene rings is 1. The van der Waals surface area contributed by atoms with Crippen LogP contribution in [0.3, 0.4) is 0 Å². The molecule has 0 atom stereocenters.